The van der Waals surface area contributed by atoms with Gasteiger partial charge in [0, 0.05) is 0 Å². The van der Waals surface area contributed by atoms with Crippen molar-refractivity contribution in [1.29, 1.82) is 0 Å². The van der Waals surface area contributed by atoms with Crippen molar-refractivity contribution in [2.24, 2.45) is 0 Å². The SMILES string of the molecule is [CH2-]C.[CH2-]C.[CH2-]C.[Ru+4].[c-]1[nH]ccc1C1C=CC=C1. The van der Waals surface area contributed by atoms with E-state index >= 15 is 0 Å². The van der Waals surface area contributed by atoms with Crippen LogP contribution >= 0.6 is 0 Å². The van der Waals surface area contributed by atoms with Crippen LogP contribution in [0.4, 0.5) is 0 Å². The summed E-state index contributed by atoms with van der Waals surface area (Å²) in [5.74, 6) is 0.450. The van der Waals surface area contributed by atoms with E-state index in [2.05, 4.69) is 56.3 Å². The molecule has 0 saturated heterocycles. The summed E-state index contributed by atoms with van der Waals surface area (Å²) in [6, 6.07) is 2.05. The third kappa shape index (κ3) is 9.12. The molecule has 0 aliphatic heterocycles. The molecule has 1 aromatic rings. The zero-order chi connectivity index (χ0) is 12.8. The van der Waals surface area contributed by atoms with Gasteiger partial charge in [0.15, 0.2) is 0 Å². The summed E-state index contributed by atoms with van der Waals surface area (Å²) < 4.78 is 0. The maximum absolute atomic E-state index is 3.25. The summed E-state index contributed by atoms with van der Waals surface area (Å²) in [5.41, 5.74) is 1.21. The maximum atomic E-state index is 3.25. The Hall–Kier alpha value is -0.617. The van der Waals surface area contributed by atoms with E-state index in [9.17, 15) is 0 Å². The number of allylic oxidation sites excluding steroid dienone is 4. The molecule has 1 aromatic heterocycles. The van der Waals surface area contributed by atoms with E-state index in [1.54, 1.807) is 20.8 Å². The van der Waals surface area contributed by atoms with Crippen LogP contribution in [0.15, 0.2) is 36.6 Å². The van der Waals surface area contributed by atoms with Gasteiger partial charge in [-0.2, -0.15) is 33.0 Å². The molecule has 2 heteroatoms. The first-order chi connectivity index (χ1) is 7.97. The summed E-state index contributed by atoms with van der Waals surface area (Å²) in [6.45, 7) is 15.0. The predicted molar refractivity (Wildman–Crippen MR) is 73.7 cm³/mol. The molecule has 17 heavy (non-hydrogen) atoms. The second-order valence-corrected chi connectivity index (χ2v) is 2.35. The van der Waals surface area contributed by atoms with Crippen molar-refractivity contribution in [2.75, 3.05) is 0 Å². The molecular formula is C15H23NRu. The molecule has 0 atom stereocenters. The minimum absolute atomic E-state index is 0. The van der Waals surface area contributed by atoms with E-state index in [4.69, 9.17) is 0 Å². The van der Waals surface area contributed by atoms with Crippen LogP contribution in [0, 0.1) is 27.0 Å². The summed E-state index contributed by atoms with van der Waals surface area (Å²) in [7, 11) is 0. The van der Waals surface area contributed by atoms with Crippen molar-refractivity contribution >= 4 is 0 Å². The van der Waals surface area contributed by atoms with Gasteiger partial charge in [-0.3, -0.25) is 0 Å². The van der Waals surface area contributed by atoms with Crippen LogP contribution in [0.1, 0.15) is 32.3 Å². The number of aromatic amines is 1. The Morgan fingerprint density at radius 1 is 1.00 bits per heavy atom. The second-order valence-electron chi connectivity index (χ2n) is 2.35. The number of H-pyrrole nitrogens is 1. The number of aromatic nitrogens is 1. The molecule has 0 aromatic carbocycles. The van der Waals surface area contributed by atoms with Gasteiger partial charge in [0.2, 0.25) is 0 Å². The van der Waals surface area contributed by atoms with E-state index in [1.807, 2.05) is 12.3 Å². The van der Waals surface area contributed by atoms with E-state index in [1.165, 1.54) is 5.56 Å². The number of rotatable bonds is 1. The number of nitrogens with one attached hydrogen (secondary N) is 1. The zero-order valence-corrected chi connectivity index (χ0v) is 12.8. The van der Waals surface area contributed by atoms with Crippen LogP contribution in [0.2, 0.25) is 0 Å². The first kappa shape index (κ1) is 21.6. The molecule has 0 unspecified atom stereocenters. The fourth-order valence-corrected chi connectivity index (χ4v) is 1.13. The van der Waals surface area contributed by atoms with E-state index in [0.717, 1.165) is 0 Å². The smallest absolute Gasteiger partial charge is 0.484 e. The fraction of sp³-hybridized carbons (Fsp3) is 0.267. The molecule has 0 spiro atoms. The third-order valence-corrected chi connectivity index (χ3v) is 1.67. The molecule has 96 valence electrons. The standard InChI is InChI=1S/C9H8N.3C2H5.Ru/c1-2-4-8(3-1)9-5-6-10-7-9;3*1-2;/h1-6,8,10H;3*1H2,2H3;/q4*-1;+4. The summed E-state index contributed by atoms with van der Waals surface area (Å²) >= 11 is 0. The molecule has 1 N–H and O–H groups in total. The van der Waals surface area contributed by atoms with Crippen LogP contribution in [-0.4, -0.2) is 4.98 Å². The number of hydrogen-bond donors (Lipinski definition) is 1. The Bertz CT molecular complexity index is 248. The summed E-state index contributed by atoms with van der Waals surface area (Å²) in [4.78, 5) is 2.91. The van der Waals surface area contributed by atoms with E-state index < -0.39 is 0 Å². The quantitative estimate of drug-likeness (QED) is 0.578. The minimum atomic E-state index is 0. The van der Waals surface area contributed by atoms with Crippen molar-refractivity contribution in [3.8, 4) is 0 Å². The molecule has 1 aliphatic carbocycles. The molecular weight excluding hydrogens is 295 g/mol. The van der Waals surface area contributed by atoms with Crippen molar-refractivity contribution in [1.82, 2.24) is 4.98 Å². The zero-order valence-electron chi connectivity index (χ0n) is 11.0. The number of hydrogen-bond acceptors (Lipinski definition) is 0. The van der Waals surface area contributed by atoms with Crippen LogP contribution in [0.25, 0.3) is 0 Å². The Kier molecular flexibility index (Phi) is 22.6. The molecule has 0 saturated carbocycles. The Morgan fingerprint density at radius 2 is 1.47 bits per heavy atom. The molecule has 0 amide bonds. The van der Waals surface area contributed by atoms with Gasteiger partial charge < -0.3 is 25.8 Å². The van der Waals surface area contributed by atoms with Crippen LogP contribution in [0.3, 0.4) is 0 Å². The summed E-state index contributed by atoms with van der Waals surface area (Å²) in [5, 5.41) is 0. The molecule has 1 nitrogen and oxygen atoms in total. The van der Waals surface area contributed by atoms with Crippen LogP contribution < -0.4 is 0 Å². The Labute approximate surface area is 120 Å². The van der Waals surface area contributed by atoms with Gasteiger partial charge >= 0.3 is 19.5 Å². The largest absolute Gasteiger partial charge is 4.00 e. The van der Waals surface area contributed by atoms with Crippen LogP contribution in [-0.2, 0) is 19.5 Å². The van der Waals surface area contributed by atoms with Crippen molar-refractivity contribution < 1.29 is 19.5 Å². The molecule has 1 heterocycles. The van der Waals surface area contributed by atoms with Crippen LogP contribution in [0.5, 0.6) is 0 Å². The molecule has 1 aliphatic rings. The molecule has 0 fully saturated rings. The van der Waals surface area contributed by atoms with Gasteiger partial charge in [0.1, 0.15) is 0 Å². The van der Waals surface area contributed by atoms with Gasteiger partial charge in [-0.25, -0.2) is 0 Å². The maximum Gasteiger partial charge on any atom is 4.00 e. The van der Waals surface area contributed by atoms with Gasteiger partial charge in [-0.05, 0) is 5.92 Å². The first-order valence-electron chi connectivity index (χ1n) is 5.49. The Balaban J connectivity index is -0.000000248. The van der Waals surface area contributed by atoms with Gasteiger partial charge in [0.25, 0.3) is 0 Å². The fourth-order valence-electron chi connectivity index (χ4n) is 1.13. The van der Waals surface area contributed by atoms with Crippen molar-refractivity contribution in [3.05, 3.63) is 69.1 Å². The van der Waals surface area contributed by atoms with Gasteiger partial charge in [0.05, 0.1) is 0 Å². The van der Waals surface area contributed by atoms with Gasteiger partial charge in [-0.1, -0.05) is 24.3 Å². The second kappa shape index (κ2) is 17.8. The average molecular weight is 318 g/mol. The molecule has 0 bridgehead atoms. The van der Waals surface area contributed by atoms with E-state index in [-0.39, 0.29) is 19.5 Å². The van der Waals surface area contributed by atoms with E-state index in [0.29, 0.717) is 5.92 Å². The monoisotopic (exact) mass is 319 g/mol. The normalized spacial score (nSPS) is 10.9. The third-order valence-electron chi connectivity index (χ3n) is 1.67. The predicted octanol–water partition coefficient (Wildman–Crippen LogP) is 4.54. The van der Waals surface area contributed by atoms with Gasteiger partial charge in [-0.15, -0.1) is 11.8 Å². The topological polar surface area (TPSA) is 15.8 Å². The molecule has 2 rings (SSSR count). The minimum Gasteiger partial charge on any atom is -0.484 e. The summed E-state index contributed by atoms with van der Waals surface area (Å²) in [6.07, 6.45) is 13.4. The molecule has 0 radical (unpaired) electrons. The van der Waals surface area contributed by atoms with Crippen molar-refractivity contribution in [3.63, 3.8) is 0 Å². The first-order valence-corrected chi connectivity index (χ1v) is 5.49. The Morgan fingerprint density at radius 3 is 1.82 bits per heavy atom. The van der Waals surface area contributed by atoms with Crippen molar-refractivity contribution in [2.45, 2.75) is 26.7 Å². The average Bonchev–Trinajstić information content (AvgIpc) is 3.09.